The van der Waals surface area contributed by atoms with Crippen molar-refractivity contribution < 1.29 is 19.1 Å². The molecule has 0 saturated heterocycles. The third-order valence-electron chi connectivity index (χ3n) is 3.20. The van der Waals surface area contributed by atoms with Gasteiger partial charge in [-0.3, -0.25) is 9.59 Å². The van der Waals surface area contributed by atoms with Gasteiger partial charge in [-0.25, -0.2) is 0 Å². The molecule has 7 heteroatoms. The lowest BCUT2D eigenvalue weighted by Gasteiger charge is -2.14. The summed E-state index contributed by atoms with van der Waals surface area (Å²) in [5.41, 5.74) is 0. The van der Waals surface area contributed by atoms with Crippen molar-refractivity contribution >= 4 is 23.2 Å². The van der Waals surface area contributed by atoms with Crippen LogP contribution in [0.15, 0.2) is 41.8 Å². The Balaban J connectivity index is 1.69. The average Bonchev–Trinajstić information content (AvgIpc) is 3.13. The Labute approximate surface area is 144 Å². The molecule has 0 radical (unpaired) electrons. The molecule has 6 nitrogen and oxygen atoms in total. The van der Waals surface area contributed by atoms with Crippen molar-refractivity contribution in [1.82, 2.24) is 10.6 Å². The van der Waals surface area contributed by atoms with Gasteiger partial charge in [0, 0.05) is 6.07 Å². The van der Waals surface area contributed by atoms with Crippen LogP contribution < -0.4 is 20.1 Å². The van der Waals surface area contributed by atoms with Gasteiger partial charge in [-0.15, -0.1) is 11.3 Å². The third kappa shape index (κ3) is 5.27. The summed E-state index contributed by atoms with van der Waals surface area (Å²) < 4.78 is 10.6. The van der Waals surface area contributed by atoms with Crippen molar-refractivity contribution in [1.29, 1.82) is 0 Å². The van der Waals surface area contributed by atoms with Crippen LogP contribution in [0, 0.1) is 0 Å². The zero-order chi connectivity index (χ0) is 17.4. The molecule has 0 aliphatic carbocycles. The van der Waals surface area contributed by atoms with Crippen LogP contribution in [0.3, 0.4) is 0 Å². The lowest BCUT2D eigenvalue weighted by Crippen LogP contribution is -2.45. The van der Waals surface area contributed by atoms with Crippen molar-refractivity contribution in [2.24, 2.45) is 0 Å². The highest BCUT2D eigenvalue weighted by molar-refractivity contribution is 7.12. The first kappa shape index (κ1) is 17.8. The van der Waals surface area contributed by atoms with Crippen molar-refractivity contribution in [3.63, 3.8) is 0 Å². The Morgan fingerprint density at radius 1 is 1.21 bits per heavy atom. The molecule has 0 aliphatic rings. The molecule has 1 atom stereocenters. The van der Waals surface area contributed by atoms with Crippen LogP contribution in [0.2, 0.25) is 0 Å². The maximum absolute atomic E-state index is 12.0. The lowest BCUT2D eigenvalue weighted by atomic mass is 10.3. The highest BCUT2D eigenvalue weighted by atomic mass is 32.1. The van der Waals surface area contributed by atoms with Crippen LogP contribution in [0.4, 0.5) is 0 Å². The van der Waals surface area contributed by atoms with E-state index in [1.54, 1.807) is 32.2 Å². The Bertz CT molecular complexity index is 673. The minimum atomic E-state index is -0.614. The van der Waals surface area contributed by atoms with Crippen LogP contribution in [-0.2, 0) is 4.79 Å². The topological polar surface area (TPSA) is 76.7 Å². The van der Waals surface area contributed by atoms with E-state index in [1.165, 1.54) is 11.3 Å². The number of hydrogen-bond donors (Lipinski definition) is 2. The molecule has 2 aromatic rings. The van der Waals surface area contributed by atoms with Crippen molar-refractivity contribution in [2.45, 2.75) is 13.0 Å². The van der Waals surface area contributed by atoms with Crippen molar-refractivity contribution in [2.75, 3.05) is 20.3 Å². The molecule has 128 valence electrons. The largest absolute Gasteiger partial charge is 0.497 e. The number of thiophene rings is 1. The predicted octanol–water partition coefficient (Wildman–Crippen LogP) is 2.07. The summed E-state index contributed by atoms with van der Waals surface area (Å²) in [6.07, 6.45) is 0. The van der Waals surface area contributed by atoms with Gasteiger partial charge in [0.2, 0.25) is 5.91 Å². The molecule has 1 heterocycles. The molecule has 0 bridgehead atoms. The van der Waals surface area contributed by atoms with Gasteiger partial charge < -0.3 is 20.1 Å². The molecule has 2 N–H and O–H groups in total. The zero-order valence-corrected chi connectivity index (χ0v) is 14.4. The number of methoxy groups -OCH3 is 1. The average molecular weight is 348 g/mol. The summed E-state index contributed by atoms with van der Waals surface area (Å²) in [6.45, 7) is 2.31. The minimum absolute atomic E-state index is 0.250. The summed E-state index contributed by atoms with van der Waals surface area (Å²) in [5.74, 6) is 0.874. The number of ether oxygens (including phenoxy) is 2. The smallest absolute Gasteiger partial charge is 0.261 e. The zero-order valence-electron chi connectivity index (χ0n) is 13.6. The third-order valence-corrected chi connectivity index (χ3v) is 4.07. The number of carbonyl (C=O) groups is 2. The maximum atomic E-state index is 12.0. The Kier molecular flexibility index (Phi) is 6.62. The van der Waals surface area contributed by atoms with E-state index in [0.29, 0.717) is 29.5 Å². The van der Waals surface area contributed by atoms with E-state index < -0.39 is 6.04 Å². The second-order valence-corrected chi connectivity index (χ2v) is 5.94. The van der Waals surface area contributed by atoms with Crippen LogP contribution in [0.1, 0.15) is 16.6 Å². The second-order valence-electron chi connectivity index (χ2n) is 4.99. The summed E-state index contributed by atoms with van der Waals surface area (Å²) >= 11 is 1.33. The fraction of sp³-hybridized carbons (Fsp3) is 0.294. The van der Waals surface area contributed by atoms with Crippen LogP contribution in [0.5, 0.6) is 11.5 Å². The van der Waals surface area contributed by atoms with Gasteiger partial charge in [0.05, 0.1) is 18.5 Å². The molecule has 1 aromatic heterocycles. The summed E-state index contributed by atoms with van der Waals surface area (Å²) in [6, 6.07) is 10.1. The first-order valence-electron chi connectivity index (χ1n) is 7.49. The quantitative estimate of drug-likeness (QED) is 0.716. The molecule has 1 unspecified atom stereocenters. The number of carbonyl (C=O) groups excluding carboxylic acids is 2. The Morgan fingerprint density at radius 2 is 2.00 bits per heavy atom. The highest BCUT2D eigenvalue weighted by Crippen LogP contribution is 2.18. The van der Waals surface area contributed by atoms with E-state index in [9.17, 15) is 9.59 Å². The van der Waals surface area contributed by atoms with Crippen LogP contribution >= 0.6 is 11.3 Å². The predicted molar refractivity (Wildman–Crippen MR) is 92.7 cm³/mol. The molecule has 1 aromatic carbocycles. The van der Waals surface area contributed by atoms with Gasteiger partial charge in [0.15, 0.2) is 0 Å². The van der Waals surface area contributed by atoms with Gasteiger partial charge in [-0.05, 0) is 30.5 Å². The second kappa shape index (κ2) is 8.93. The molecular weight excluding hydrogens is 328 g/mol. The molecular formula is C17H20N2O4S. The molecule has 24 heavy (non-hydrogen) atoms. The van der Waals surface area contributed by atoms with Gasteiger partial charge in [0.25, 0.3) is 5.91 Å². The number of rotatable bonds is 8. The highest BCUT2D eigenvalue weighted by Gasteiger charge is 2.16. The molecule has 0 spiro atoms. The van der Waals surface area contributed by atoms with E-state index in [4.69, 9.17) is 9.47 Å². The molecule has 0 saturated carbocycles. The molecule has 0 aliphatic heterocycles. The van der Waals surface area contributed by atoms with Gasteiger partial charge in [-0.1, -0.05) is 12.1 Å². The summed E-state index contributed by atoms with van der Waals surface area (Å²) in [5, 5.41) is 7.20. The number of nitrogens with one attached hydrogen (secondary N) is 2. The monoisotopic (exact) mass is 348 g/mol. The van der Waals surface area contributed by atoms with Crippen LogP contribution in [-0.4, -0.2) is 38.1 Å². The number of amides is 2. The van der Waals surface area contributed by atoms with Crippen molar-refractivity contribution in [3.05, 3.63) is 46.7 Å². The first-order valence-corrected chi connectivity index (χ1v) is 8.37. The maximum Gasteiger partial charge on any atom is 0.261 e. The van der Waals surface area contributed by atoms with Gasteiger partial charge >= 0.3 is 0 Å². The number of hydrogen-bond acceptors (Lipinski definition) is 5. The molecule has 2 rings (SSSR count). The lowest BCUT2D eigenvalue weighted by molar-refractivity contribution is -0.122. The van der Waals surface area contributed by atoms with Gasteiger partial charge in [-0.2, -0.15) is 0 Å². The van der Waals surface area contributed by atoms with E-state index >= 15 is 0 Å². The molecule has 0 fully saturated rings. The van der Waals surface area contributed by atoms with Crippen molar-refractivity contribution in [3.8, 4) is 11.5 Å². The first-order chi connectivity index (χ1) is 11.6. The molecule has 2 amide bonds. The van der Waals surface area contributed by atoms with E-state index in [-0.39, 0.29) is 11.8 Å². The van der Waals surface area contributed by atoms with Crippen LogP contribution in [0.25, 0.3) is 0 Å². The van der Waals surface area contributed by atoms with Gasteiger partial charge in [0.1, 0.15) is 24.1 Å². The minimum Gasteiger partial charge on any atom is -0.497 e. The standard InChI is InChI=1S/C17H20N2O4S/c1-12(19-17(21)15-7-4-10-24-15)16(20)18-8-9-23-14-6-3-5-13(11-14)22-2/h3-7,10-12H,8-9H2,1-2H3,(H,18,20)(H,19,21). The normalized spacial score (nSPS) is 11.4. The van der Waals surface area contributed by atoms with E-state index in [0.717, 1.165) is 0 Å². The fourth-order valence-electron chi connectivity index (χ4n) is 1.93. The fourth-order valence-corrected chi connectivity index (χ4v) is 2.56. The Hall–Kier alpha value is -2.54. The Morgan fingerprint density at radius 3 is 2.71 bits per heavy atom. The summed E-state index contributed by atoms with van der Waals surface area (Å²) in [4.78, 5) is 24.4. The van der Waals surface area contributed by atoms with E-state index in [1.807, 2.05) is 23.6 Å². The summed E-state index contributed by atoms with van der Waals surface area (Å²) in [7, 11) is 1.59. The van der Waals surface area contributed by atoms with E-state index in [2.05, 4.69) is 10.6 Å². The number of benzene rings is 1. The SMILES string of the molecule is COc1cccc(OCCNC(=O)C(C)NC(=O)c2cccs2)c1.